The Morgan fingerprint density at radius 3 is 2.13 bits per heavy atom. The lowest BCUT2D eigenvalue weighted by Crippen LogP contribution is -2.32. The molecule has 0 saturated carbocycles. The van der Waals surface area contributed by atoms with Crippen molar-refractivity contribution >= 4 is 11.5 Å². The molecule has 0 radical (unpaired) electrons. The van der Waals surface area contributed by atoms with Crippen LogP contribution in [0.5, 0.6) is 0 Å². The van der Waals surface area contributed by atoms with Gasteiger partial charge in [0.2, 0.25) is 0 Å². The lowest BCUT2D eigenvalue weighted by Gasteiger charge is -2.06. The first-order valence-corrected chi connectivity index (χ1v) is 3.91. The number of Topliss-reactive ketones (excluding diaryl/α,β-unsaturated/α-hetero) is 1. The molecule has 2 N–H and O–H groups in total. The van der Waals surface area contributed by atoms with E-state index in [1.54, 1.807) is 6.07 Å². The normalized spacial score (nSPS) is 12.6. The summed E-state index contributed by atoms with van der Waals surface area (Å²) >= 11 is 0. The van der Waals surface area contributed by atoms with E-state index in [0.29, 0.717) is 0 Å². The fourth-order valence-electron chi connectivity index (χ4n) is 0.995. The maximum atomic E-state index is 12.1. The van der Waals surface area contributed by atoms with E-state index < -0.39 is 17.7 Å². The second-order valence-corrected chi connectivity index (χ2v) is 2.67. The number of benzene rings is 1. The number of hydrazone groups is 1. The van der Waals surface area contributed by atoms with E-state index in [0.717, 1.165) is 0 Å². The maximum absolute atomic E-state index is 12.1. The Morgan fingerprint density at radius 2 is 1.73 bits per heavy atom. The lowest BCUT2D eigenvalue weighted by molar-refractivity contribution is -0.163. The fraction of sp³-hybridized carbons (Fsp3) is 0.111. The SMILES string of the molecule is N/N=C(/C(=O)C(F)(F)F)c1ccccc1. The summed E-state index contributed by atoms with van der Waals surface area (Å²) in [6.07, 6.45) is -4.96. The van der Waals surface area contributed by atoms with Crippen molar-refractivity contribution in [3.8, 4) is 0 Å². The minimum Gasteiger partial charge on any atom is -0.323 e. The van der Waals surface area contributed by atoms with Crippen LogP contribution in [-0.2, 0) is 4.79 Å². The molecular weight excluding hydrogens is 209 g/mol. The summed E-state index contributed by atoms with van der Waals surface area (Å²) in [5.74, 6) is 2.72. The van der Waals surface area contributed by atoms with Crippen LogP contribution in [0.1, 0.15) is 5.56 Å². The van der Waals surface area contributed by atoms with Crippen molar-refractivity contribution in [2.45, 2.75) is 6.18 Å². The average Bonchev–Trinajstić information content (AvgIpc) is 2.19. The van der Waals surface area contributed by atoms with E-state index in [1.165, 1.54) is 24.3 Å². The first-order chi connectivity index (χ1) is 6.96. The minimum absolute atomic E-state index is 0.0438. The van der Waals surface area contributed by atoms with Gasteiger partial charge in [-0.15, -0.1) is 0 Å². The quantitative estimate of drug-likeness (QED) is 0.462. The van der Waals surface area contributed by atoms with Gasteiger partial charge in [-0.25, -0.2) is 0 Å². The summed E-state index contributed by atoms with van der Waals surface area (Å²) in [6, 6.07) is 7.24. The van der Waals surface area contributed by atoms with E-state index in [4.69, 9.17) is 5.84 Å². The van der Waals surface area contributed by atoms with Crippen LogP contribution in [0.4, 0.5) is 13.2 Å². The molecule has 0 aliphatic heterocycles. The first kappa shape index (κ1) is 11.2. The molecule has 1 aromatic carbocycles. The van der Waals surface area contributed by atoms with Crippen LogP contribution in [0.25, 0.3) is 0 Å². The largest absolute Gasteiger partial charge is 0.456 e. The molecule has 0 atom stereocenters. The monoisotopic (exact) mass is 216 g/mol. The van der Waals surface area contributed by atoms with Gasteiger partial charge in [-0.2, -0.15) is 18.3 Å². The Bertz CT molecular complexity index is 384. The highest BCUT2D eigenvalue weighted by Gasteiger charge is 2.42. The minimum atomic E-state index is -4.96. The van der Waals surface area contributed by atoms with Gasteiger partial charge < -0.3 is 5.84 Å². The van der Waals surface area contributed by atoms with E-state index in [-0.39, 0.29) is 5.56 Å². The molecule has 15 heavy (non-hydrogen) atoms. The summed E-state index contributed by atoms with van der Waals surface area (Å²) in [5, 5.41) is 2.87. The molecule has 0 aliphatic carbocycles. The predicted octanol–water partition coefficient (Wildman–Crippen LogP) is 1.48. The van der Waals surface area contributed by atoms with E-state index in [9.17, 15) is 18.0 Å². The van der Waals surface area contributed by atoms with Crippen molar-refractivity contribution in [1.82, 2.24) is 0 Å². The van der Waals surface area contributed by atoms with Crippen molar-refractivity contribution in [2.24, 2.45) is 10.9 Å². The summed E-state index contributed by atoms with van der Waals surface area (Å²) in [5.41, 5.74) is -0.745. The Labute approximate surface area is 83.4 Å². The number of halogens is 3. The van der Waals surface area contributed by atoms with Crippen LogP contribution in [0.15, 0.2) is 35.4 Å². The molecule has 3 nitrogen and oxygen atoms in total. The molecule has 0 saturated heterocycles. The Morgan fingerprint density at radius 1 is 1.20 bits per heavy atom. The van der Waals surface area contributed by atoms with Gasteiger partial charge in [-0.3, -0.25) is 4.79 Å². The summed E-state index contributed by atoms with van der Waals surface area (Å²) < 4.78 is 36.3. The molecule has 0 spiro atoms. The molecule has 0 aromatic heterocycles. The third kappa shape index (κ3) is 2.55. The third-order valence-electron chi connectivity index (χ3n) is 1.65. The maximum Gasteiger partial charge on any atom is 0.456 e. The zero-order valence-electron chi connectivity index (χ0n) is 7.45. The highest BCUT2D eigenvalue weighted by atomic mass is 19.4. The van der Waals surface area contributed by atoms with E-state index in [1.807, 2.05) is 0 Å². The number of rotatable bonds is 2. The van der Waals surface area contributed by atoms with Crippen molar-refractivity contribution in [1.29, 1.82) is 0 Å². The second kappa shape index (κ2) is 4.12. The van der Waals surface area contributed by atoms with Gasteiger partial charge in [0.1, 0.15) is 5.71 Å². The molecule has 0 amide bonds. The number of alkyl halides is 3. The smallest absolute Gasteiger partial charge is 0.323 e. The van der Waals surface area contributed by atoms with E-state index >= 15 is 0 Å². The molecule has 0 aliphatic rings. The van der Waals surface area contributed by atoms with Gasteiger partial charge in [0, 0.05) is 5.56 Å². The van der Waals surface area contributed by atoms with Gasteiger partial charge in [-0.05, 0) is 0 Å². The second-order valence-electron chi connectivity index (χ2n) is 2.67. The number of carbonyl (C=O) groups excluding carboxylic acids is 1. The van der Waals surface area contributed by atoms with Crippen molar-refractivity contribution < 1.29 is 18.0 Å². The van der Waals surface area contributed by atoms with Crippen LogP contribution in [0.2, 0.25) is 0 Å². The lowest BCUT2D eigenvalue weighted by atomic mass is 10.1. The molecule has 0 bridgehead atoms. The van der Waals surface area contributed by atoms with E-state index in [2.05, 4.69) is 5.10 Å². The number of nitrogens with two attached hydrogens (primary N) is 1. The van der Waals surface area contributed by atoms with Crippen molar-refractivity contribution in [2.75, 3.05) is 0 Å². The predicted molar refractivity (Wildman–Crippen MR) is 48.2 cm³/mol. The molecule has 0 unspecified atom stereocenters. The third-order valence-corrected chi connectivity index (χ3v) is 1.65. The molecule has 80 valence electrons. The van der Waals surface area contributed by atoms with Crippen LogP contribution >= 0.6 is 0 Å². The van der Waals surface area contributed by atoms with Crippen LogP contribution in [0, 0.1) is 0 Å². The topological polar surface area (TPSA) is 55.4 Å². The summed E-state index contributed by atoms with van der Waals surface area (Å²) in [6.45, 7) is 0. The van der Waals surface area contributed by atoms with Crippen molar-refractivity contribution in [3.63, 3.8) is 0 Å². The Balaban J connectivity index is 3.08. The first-order valence-electron chi connectivity index (χ1n) is 3.91. The number of ketones is 1. The van der Waals surface area contributed by atoms with Gasteiger partial charge in [-0.1, -0.05) is 30.3 Å². The summed E-state index contributed by atoms with van der Waals surface area (Å²) in [4.78, 5) is 10.9. The number of hydrogen-bond donors (Lipinski definition) is 1. The Hall–Kier alpha value is -1.85. The average molecular weight is 216 g/mol. The van der Waals surface area contributed by atoms with Gasteiger partial charge in [0.25, 0.3) is 5.78 Å². The van der Waals surface area contributed by atoms with Gasteiger partial charge >= 0.3 is 6.18 Å². The molecule has 1 rings (SSSR count). The zero-order chi connectivity index (χ0) is 11.5. The Kier molecular flexibility index (Phi) is 3.08. The molecule has 0 fully saturated rings. The zero-order valence-corrected chi connectivity index (χ0v) is 7.45. The summed E-state index contributed by atoms with van der Waals surface area (Å²) in [7, 11) is 0. The highest BCUT2D eigenvalue weighted by Crippen LogP contribution is 2.19. The molecular formula is C9H7F3N2O. The highest BCUT2D eigenvalue weighted by molar-refractivity contribution is 6.47. The number of nitrogens with zero attached hydrogens (tertiary/aromatic N) is 1. The van der Waals surface area contributed by atoms with Gasteiger partial charge in [0.15, 0.2) is 0 Å². The molecule has 1 aromatic rings. The van der Waals surface area contributed by atoms with Crippen molar-refractivity contribution in [3.05, 3.63) is 35.9 Å². The number of hydrogen-bond acceptors (Lipinski definition) is 3. The fourth-order valence-corrected chi connectivity index (χ4v) is 0.995. The molecule has 6 heteroatoms. The van der Waals surface area contributed by atoms with Crippen LogP contribution in [0.3, 0.4) is 0 Å². The standard InChI is InChI=1S/C9H7F3N2O/c10-9(11,12)8(15)7(14-13)6-4-2-1-3-5-6/h1-5H,13H2/b14-7+. The van der Waals surface area contributed by atoms with Crippen LogP contribution < -0.4 is 5.84 Å². The number of carbonyl (C=O) groups is 1. The van der Waals surface area contributed by atoms with Gasteiger partial charge in [0.05, 0.1) is 0 Å². The van der Waals surface area contributed by atoms with Crippen LogP contribution in [-0.4, -0.2) is 17.7 Å². The molecule has 0 heterocycles.